The number of amidine groups is 1. The van der Waals surface area contributed by atoms with Gasteiger partial charge in [-0.1, -0.05) is 42.4 Å². The molecule has 30 heavy (non-hydrogen) atoms. The van der Waals surface area contributed by atoms with Crippen molar-refractivity contribution in [2.75, 3.05) is 0 Å². The molecule has 158 valence electrons. The van der Waals surface area contributed by atoms with Gasteiger partial charge >= 0.3 is 5.97 Å². The lowest BCUT2D eigenvalue weighted by molar-refractivity contribution is -0.143. The lowest BCUT2D eigenvalue weighted by Crippen LogP contribution is -2.25. The number of hydrazone groups is 1. The molecule has 1 aliphatic heterocycles. The third-order valence-corrected chi connectivity index (χ3v) is 4.71. The smallest absolute Gasteiger partial charge is 0.335 e. The van der Waals surface area contributed by atoms with Crippen LogP contribution < -0.4 is 4.74 Å². The van der Waals surface area contributed by atoms with Crippen molar-refractivity contribution in [2.45, 2.75) is 52.7 Å². The average molecular weight is 411 g/mol. The molecular weight excluding hydrogens is 385 g/mol. The number of halogens is 1. The Hall–Kier alpha value is -3.22. The number of ether oxygens (including phenoxy) is 1. The van der Waals surface area contributed by atoms with Gasteiger partial charge < -0.3 is 9.57 Å². The SMILES string of the molecule is CCCC(=O)O/N=C(/C)N1N=C(C)CC1c1ccccc1OCc1ccc(F)cc1. The highest BCUT2D eigenvalue weighted by Crippen LogP contribution is 2.36. The fourth-order valence-corrected chi connectivity index (χ4v) is 3.24. The minimum Gasteiger partial charge on any atom is -0.489 e. The Morgan fingerprint density at radius 1 is 1.23 bits per heavy atom. The zero-order valence-electron chi connectivity index (χ0n) is 17.5. The second-order valence-corrected chi connectivity index (χ2v) is 7.20. The van der Waals surface area contributed by atoms with Crippen LogP contribution in [0.25, 0.3) is 0 Å². The van der Waals surface area contributed by atoms with Crippen LogP contribution in [0.4, 0.5) is 4.39 Å². The molecule has 6 nitrogen and oxygen atoms in total. The first-order valence-electron chi connectivity index (χ1n) is 10.0. The Kier molecular flexibility index (Phi) is 7.17. The second-order valence-electron chi connectivity index (χ2n) is 7.20. The maximum absolute atomic E-state index is 13.1. The third-order valence-electron chi connectivity index (χ3n) is 4.71. The molecule has 3 rings (SSSR count). The van der Waals surface area contributed by atoms with Gasteiger partial charge in [-0.15, -0.1) is 0 Å². The van der Waals surface area contributed by atoms with Gasteiger partial charge in [-0.3, -0.25) is 0 Å². The summed E-state index contributed by atoms with van der Waals surface area (Å²) in [5.41, 5.74) is 2.78. The van der Waals surface area contributed by atoms with E-state index in [4.69, 9.17) is 9.57 Å². The van der Waals surface area contributed by atoms with Crippen molar-refractivity contribution in [1.82, 2.24) is 5.01 Å². The average Bonchev–Trinajstić information content (AvgIpc) is 3.13. The van der Waals surface area contributed by atoms with E-state index in [0.717, 1.165) is 22.6 Å². The maximum atomic E-state index is 13.1. The lowest BCUT2D eigenvalue weighted by Gasteiger charge is -2.24. The van der Waals surface area contributed by atoms with Gasteiger partial charge in [0.25, 0.3) is 0 Å². The molecule has 0 amide bonds. The molecule has 0 bridgehead atoms. The van der Waals surface area contributed by atoms with E-state index < -0.39 is 0 Å². The highest BCUT2D eigenvalue weighted by molar-refractivity contribution is 5.89. The largest absolute Gasteiger partial charge is 0.489 e. The van der Waals surface area contributed by atoms with Gasteiger partial charge in [0.1, 0.15) is 18.2 Å². The van der Waals surface area contributed by atoms with E-state index in [1.54, 1.807) is 24.1 Å². The summed E-state index contributed by atoms with van der Waals surface area (Å²) in [7, 11) is 0. The van der Waals surface area contributed by atoms with Crippen LogP contribution in [0.15, 0.2) is 58.8 Å². The Morgan fingerprint density at radius 3 is 2.70 bits per heavy atom. The van der Waals surface area contributed by atoms with E-state index in [9.17, 15) is 9.18 Å². The quantitative estimate of drug-likeness (QED) is 0.272. The highest BCUT2D eigenvalue weighted by Gasteiger charge is 2.30. The number of rotatable bonds is 7. The normalized spacial score (nSPS) is 16.4. The Balaban J connectivity index is 1.77. The van der Waals surface area contributed by atoms with Crippen LogP contribution in [-0.4, -0.2) is 22.5 Å². The van der Waals surface area contributed by atoms with Crippen LogP contribution >= 0.6 is 0 Å². The number of hydrogen-bond acceptors (Lipinski definition) is 5. The van der Waals surface area contributed by atoms with E-state index in [0.29, 0.717) is 31.7 Å². The highest BCUT2D eigenvalue weighted by atomic mass is 19.1. The predicted molar refractivity (Wildman–Crippen MR) is 114 cm³/mol. The number of carbonyl (C=O) groups excluding carboxylic acids is 1. The summed E-state index contributed by atoms with van der Waals surface area (Å²) in [6.45, 7) is 5.94. The zero-order valence-corrected chi connectivity index (χ0v) is 17.5. The maximum Gasteiger partial charge on any atom is 0.335 e. The molecule has 0 N–H and O–H groups in total. The number of benzene rings is 2. The summed E-state index contributed by atoms with van der Waals surface area (Å²) < 4.78 is 19.2. The fraction of sp³-hybridized carbons (Fsp3) is 0.348. The first-order chi connectivity index (χ1) is 14.5. The Labute approximate surface area is 176 Å². The van der Waals surface area contributed by atoms with Crippen LogP contribution in [0.2, 0.25) is 0 Å². The van der Waals surface area contributed by atoms with E-state index in [2.05, 4.69) is 10.3 Å². The van der Waals surface area contributed by atoms with Crippen molar-refractivity contribution in [2.24, 2.45) is 10.3 Å². The molecule has 0 fully saturated rings. The van der Waals surface area contributed by atoms with Gasteiger partial charge in [-0.2, -0.15) is 5.10 Å². The lowest BCUT2D eigenvalue weighted by atomic mass is 10.0. The second kappa shape index (κ2) is 10.0. The molecule has 1 atom stereocenters. The first kappa shape index (κ1) is 21.5. The van der Waals surface area contributed by atoms with Gasteiger partial charge in [-0.25, -0.2) is 14.2 Å². The van der Waals surface area contributed by atoms with Crippen LogP contribution in [0.5, 0.6) is 5.75 Å². The molecular formula is C23H26FN3O3. The third kappa shape index (κ3) is 5.43. The summed E-state index contributed by atoms with van der Waals surface area (Å²) in [5.74, 6) is 0.575. The van der Waals surface area contributed by atoms with Crippen molar-refractivity contribution in [3.8, 4) is 5.75 Å². The van der Waals surface area contributed by atoms with Crippen molar-refractivity contribution in [3.05, 3.63) is 65.5 Å². The van der Waals surface area contributed by atoms with E-state index in [1.807, 2.05) is 38.1 Å². The van der Waals surface area contributed by atoms with Gasteiger partial charge in [0, 0.05) is 24.1 Å². The van der Waals surface area contributed by atoms with Crippen LogP contribution in [0.1, 0.15) is 57.2 Å². The topological polar surface area (TPSA) is 63.5 Å². The van der Waals surface area contributed by atoms with Gasteiger partial charge in [0.15, 0.2) is 5.84 Å². The van der Waals surface area contributed by atoms with Crippen molar-refractivity contribution in [3.63, 3.8) is 0 Å². The van der Waals surface area contributed by atoms with E-state index in [1.165, 1.54) is 12.1 Å². The molecule has 7 heteroatoms. The number of para-hydroxylation sites is 1. The van der Waals surface area contributed by atoms with Crippen LogP contribution in [0.3, 0.4) is 0 Å². The van der Waals surface area contributed by atoms with Crippen molar-refractivity contribution in [1.29, 1.82) is 0 Å². The standard InChI is InChI=1S/C23H26FN3O3/c1-4-7-23(28)30-26-17(3)27-21(14-16(2)25-27)20-8-5-6-9-22(20)29-15-18-10-12-19(24)13-11-18/h5-6,8-13,21H,4,7,14-15H2,1-3H3/b26-17-. The molecule has 0 spiro atoms. The van der Waals surface area contributed by atoms with Crippen molar-refractivity contribution >= 4 is 17.5 Å². The molecule has 0 saturated carbocycles. The van der Waals surface area contributed by atoms with E-state index in [-0.39, 0.29) is 17.8 Å². The Morgan fingerprint density at radius 2 is 1.97 bits per heavy atom. The fourth-order valence-electron chi connectivity index (χ4n) is 3.24. The molecule has 0 aliphatic carbocycles. The molecule has 0 aromatic heterocycles. The summed E-state index contributed by atoms with van der Waals surface area (Å²) in [6, 6.07) is 13.9. The molecule has 1 heterocycles. The zero-order chi connectivity index (χ0) is 21.5. The molecule has 1 unspecified atom stereocenters. The monoisotopic (exact) mass is 411 g/mol. The minimum absolute atomic E-state index is 0.122. The van der Waals surface area contributed by atoms with Crippen LogP contribution in [-0.2, 0) is 16.2 Å². The molecule has 0 saturated heterocycles. The summed E-state index contributed by atoms with van der Waals surface area (Å²) in [6.07, 6.45) is 1.73. The van der Waals surface area contributed by atoms with Crippen LogP contribution in [0, 0.1) is 5.82 Å². The molecule has 1 aliphatic rings. The van der Waals surface area contributed by atoms with Gasteiger partial charge in [-0.05, 0) is 44.0 Å². The number of carbonyl (C=O) groups is 1. The Bertz CT molecular complexity index is 941. The first-order valence-corrected chi connectivity index (χ1v) is 10.0. The summed E-state index contributed by atoms with van der Waals surface area (Å²) in [5, 5.41) is 10.3. The summed E-state index contributed by atoms with van der Waals surface area (Å²) in [4.78, 5) is 16.6. The number of hydrogen-bond donors (Lipinski definition) is 0. The van der Waals surface area contributed by atoms with Gasteiger partial charge in [0.05, 0.1) is 6.04 Å². The molecule has 2 aromatic carbocycles. The minimum atomic E-state index is -0.365. The summed E-state index contributed by atoms with van der Waals surface area (Å²) >= 11 is 0. The van der Waals surface area contributed by atoms with Gasteiger partial charge in [0.2, 0.25) is 0 Å². The molecule has 0 radical (unpaired) electrons. The number of oxime groups is 1. The van der Waals surface area contributed by atoms with E-state index >= 15 is 0 Å². The van der Waals surface area contributed by atoms with Crippen molar-refractivity contribution < 1.29 is 18.8 Å². The number of nitrogens with zero attached hydrogens (tertiary/aromatic N) is 3. The molecule has 2 aromatic rings. The predicted octanol–water partition coefficient (Wildman–Crippen LogP) is 5.20.